The maximum atomic E-state index is 12.1. The topological polar surface area (TPSA) is 79.8 Å². The Morgan fingerprint density at radius 1 is 1.00 bits per heavy atom. The summed E-state index contributed by atoms with van der Waals surface area (Å²) in [6.45, 7) is 1.81. The fraction of sp³-hybridized carbons (Fsp3) is 0.250. The van der Waals surface area contributed by atoms with Crippen molar-refractivity contribution in [2.24, 2.45) is 11.0 Å². The van der Waals surface area contributed by atoms with Gasteiger partial charge in [0, 0.05) is 17.2 Å². The van der Waals surface area contributed by atoms with Crippen molar-refractivity contribution in [2.75, 3.05) is 12.4 Å². The van der Waals surface area contributed by atoms with Crippen molar-refractivity contribution in [2.45, 2.75) is 19.8 Å². The van der Waals surface area contributed by atoms with E-state index in [-0.39, 0.29) is 17.7 Å². The van der Waals surface area contributed by atoms with Crippen molar-refractivity contribution in [3.63, 3.8) is 0 Å². The maximum absolute atomic E-state index is 12.1. The molecule has 0 aliphatic heterocycles. The van der Waals surface area contributed by atoms with Crippen LogP contribution in [0.1, 0.15) is 35.7 Å². The minimum absolute atomic E-state index is 0.0786. The van der Waals surface area contributed by atoms with E-state index in [9.17, 15) is 9.59 Å². The number of anilines is 1. The summed E-state index contributed by atoms with van der Waals surface area (Å²) < 4.78 is 5.07. The van der Waals surface area contributed by atoms with Crippen molar-refractivity contribution < 1.29 is 14.3 Å². The minimum atomic E-state index is -0.291. The molecule has 1 aliphatic rings. The van der Waals surface area contributed by atoms with E-state index in [1.165, 1.54) is 0 Å². The van der Waals surface area contributed by atoms with E-state index in [2.05, 4.69) is 15.8 Å². The number of ether oxygens (including phenoxy) is 1. The first-order valence-corrected chi connectivity index (χ1v) is 8.47. The zero-order chi connectivity index (χ0) is 18.5. The number of rotatable bonds is 6. The van der Waals surface area contributed by atoms with Crippen LogP contribution in [0.2, 0.25) is 0 Å². The zero-order valence-corrected chi connectivity index (χ0v) is 14.8. The zero-order valence-electron chi connectivity index (χ0n) is 14.8. The summed E-state index contributed by atoms with van der Waals surface area (Å²) in [5.74, 6) is 0.649. The highest BCUT2D eigenvalue weighted by Crippen LogP contribution is 2.30. The van der Waals surface area contributed by atoms with Gasteiger partial charge in [-0.1, -0.05) is 12.1 Å². The van der Waals surface area contributed by atoms with E-state index < -0.39 is 0 Å². The lowest BCUT2D eigenvalue weighted by atomic mass is 10.1. The SMILES string of the molecule is COc1ccc(C(=O)N/N=C(/C)c2ccc(NC(=O)C3CC3)cc2)cc1. The van der Waals surface area contributed by atoms with Crippen LogP contribution in [0.25, 0.3) is 0 Å². The largest absolute Gasteiger partial charge is 0.497 e. The van der Waals surface area contributed by atoms with Gasteiger partial charge in [-0.2, -0.15) is 5.10 Å². The Morgan fingerprint density at radius 3 is 2.19 bits per heavy atom. The molecule has 0 unspecified atom stereocenters. The average Bonchev–Trinajstić information content (AvgIpc) is 3.52. The molecule has 1 saturated carbocycles. The molecule has 0 bridgehead atoms. The number of benzene rings is 2. The summed E-state index contributed by atoms with van der Waals surface area (Å²) in [6.07, 6.45) is 1.95. The van der Waals surface area contributed by atoms with Gasteiger partial charge in [-0.05, 0) is 61.7 Å². The van der Waals surface area contributed by atoms with Gasteiger partial charge in [-0.3, -0.25) is 9.59 Å². The molecule has 6 heteroatoms. The van der Waals surface area contributed by atoms with Gasteiger partial charge in [0.15, 0.2) is 0 Å². The summed E-state index contributed by atoms with van der Waals surface area (Å²) in [7, 11) is 1.57. The molecule has 0 aromatic heterocycles. The Morgan fingerprint density at radius 2 is 1.62 bits per heavy atom. The summed E-state index contributed by atoms with van der Waals surface area (Å²) in [5.41, 5.74) is 5.35. The third kappa shape index (κ3) is 4.47. The highest BCUT2D eigenvalue weighted by atomic mass is 16.5. The van der Waals surface area contributed by atoms with Gasteiger partial charge in [0.2, 0.25) is 5.91 Å². The van der Waals surface area contributed by atoms with E-state index in [0.717, 1.165) is 24.1 Å². The minimum Gasteiger partial charge on any atom is -0.497 e. The van der Waals surface area contributed by atoms with E-state index >= 15 is 0 Å². The standard InChI is InChI=1S/C20H21N3O3/c1-13(22-23-20(25)16-7-11-18(26-2)12-8-16)14-5-9-17(10-6-14)21-19(24)15-3-4-15/h5-12,15H,3-4H2,1-2H3,(H,21,24)(H,23,25)/b22-13-. The van der Waals surface area contributed by atoms with E-state index in [0.29, 0.717) is 17.0 Å². The van der Waals surface area contributed by atoms with Crippen molar-refractivity contribution in [3.8, 4) is 5.75 Å². The Balaban J connectivity index is 1.59. The molecule has 2 N–H and O–H groups in total. The van der Waals surface area contributed by atoms with Crippen LogP contribution in [0.4, 0.5) is 5.69 Å². The molecule has 134 valence electrons. The van der Waals surface area contributed by atoms with Gasteiger partial charge in [0.05, 0.1) is 12.8 Å². The molecule has 0 atom stereocenters. The monoisotopic (exact) mass is 351 g/mol. The fourth-order valence-electron chi connectivity index (χ4n) is 2.39. The van der Waals surface area contributed by atoms with Crippen LogP contribution in [-0.2, 0) is 4.79 Å². The van der Waals surface area contributed by atoms with Crippen LogP contribution >= 0.6 is 0 Å². The number of nitrogens with zero attached hydrogens (tertiary/aromatic N) is 1. The molecule has 26 heavy (non-hydrogen) atoms. The molecule has 0 heterocycles. The second kappa shape index (κ2) is 7.82. The first kappa shape index (κ1) is 17.7. The van der Waals surface area contributed by atoms with Gasteiger partial charge in [0.25, 0.3) is 5.91 Å². The van der Waals surface area contributed by atoms with Gasteiger partial charge < -0.3 is 10.1 Å². The molecular weight excluding hydrogens is 330 g/mol. The molecule has 0 radical (unpaired) electrons. The van der Waals surface area contributed by atoms with Crippen LogP contribution in [0.5, 0.6) is 5.75 Å². The average molecular weight is 351 g/mol. The molecule has 1 fully saturated rings. The molecule has 3 rings (SSSR count). The van der Waals surface area contributed by atoms with Crippen molar-refractivity contribution >= 4 is 23.2 Å². The number of methoxy groups -OCH3 is 1. The summed E-state index contributed by atoms with van der Waals surface area (Å²) in [5, 5.41) is 7.03. The highest BCUT2D eigenvalue weighted by Gasteiger charge is 2.29. The smallest absolute Gasteiger partial charge is 0.271 e. The van der Waals surface area contributed by atoms with E-state index in [4.69, 9.17) is 4.74 Å². The molecule has 2 aromatic rings. The van der Waals surface area contributed by atoms with Crippen LogP contribution < -0.4 is 15.5 Å². The number of amides is 2. The molecule has 1 aliphatic carbocycles. The lowest BCUT2D eigenvalue weighted by molar-refractivity contribution is -0.117. The molecule has 0 saturated heterocycles. The first-order chi connectivity index (χ1) is 12.6. The van der Waals surface area contributed by atoms with Gasteiger partial charge in [-0.25, -0.2) is 5.43 Å². The second-order valence-electron chi connectivity index (χ2n) is 6.21. The lowest BCUT2D eigenvalue weighted by Crippen LogP contribution is -2.19. The summed E-state index contributed by atoms with van der Waals surface area (Å²) in [4.78, 5) is 23.9. The number of carbonyl (C=O) groups is 2. The molecule has 2 amide bonds. The molecule has 0 spiro atoms. The summed E-state index contributed by atoms with van der Waals surface area (Å²) in [6, 6.07) is 14.2. The number of hydrazone groups is 1. The van der Waals surface area contributed by atoms with Gasteiger partial charge in [-0.15, -0.1) is 0 Å². The normalized spacial score (nSPS) is 13.8. The highest BCUT2D eigenvalue weighted by molar-refractivity contribution is 6.01. The fourth-order valence-corrected chi connectivity index (χ4v) is 2.39. The third-order valence-electron chi connectivity index (χ3n) is 4.20. The molecule has 2 aromatic carbocycles. The van der Waals surface area contributed by atoms with Crippen molar-refractivity contribution in [1.82, 2.24) is 5.43 Å². The molecule has 6 nitrogen and oxygen atoms in total. The van der Waals surface area contributed by atoms with E-state index in [1.54, 1.807) is 31.4 Å². The van der Waals surface area contributed by atoms with Crippen LogP contribution in [-0.4, -0.2) is 24.6 Å². The van der Waals surface area contributed by atoms with Crippen molar-refractivity contribution in [3.05, 3.63) is 59.7 Å². The van der Waals surface area contributed by atoms with Gasteiger partial charge in [0.1, 0.15) is 5.75 Å². The summed E-state index contributed by atoms with van der Waals surface area (Å²) >= 11 is 0. The number of hydrogen-bond donors (Lipinski definition) is 2. The Kier molecular flexibility index (Phi) is 5.31. The quantitative estimate of drug-likeness (QED) is 0.619. The van der Waals surface area contributed by atoms with Crippen LogP contribution in [0.15, 0.2) is 53.6 Å². The van der Waals surface area contributed by atoms with E-state index in [1.807, 2.05) is 31.2 Å². The van der Waals surface area contributed by atoms with Crippen LogP contribution in [0, 0.1) is 5.92 Å². The Labute approximate surface area is 152 Å². The lowest BCUT2D eigenvalue weighted by Gasteiger charge is -2.07. The predicted molar refractivity (Wildman–Crippen MR) is 100 cm³/mol. The predicted octanol–water partition coefficient (Wildman–Crippen LogP) is 3.20. The third-order valence-corrected chi connectivity index (χ3v) is 4.20. The van der Waals surface area contributed by atoms with Crippen LogP contribution in [0.3, 0.4) is 0 Å². The maximum Gasteiger partial charge on any atom is 0.271 e. The Hall–Kier alpha value is -3.15. The first-order valence-electron chi connectivity index (χ1n) is 8.47. The number of carbonyl (C=O) groups excluding carboxylic acids is 2. The van der Waals surface area contributed by atoms with Crippen molar-refractivity contribution in [1.29, 1.82) is 0 Å². The second-order valence-corrected chi connectivity index (χ2v) is 6.21. The number of hydrogen-bond acceptors (Lipinski definition) is 4. The van der Waals surface area contributed by atoms with Gasteiger partial charge >= 0.3 is 0 Å². The number of nitrogens with one attached hydrogen (secondary N) is 2. The molecular formula is C20H21N3O3. The Bertz CT molecular complexity index is 822.